The van der Waals surface area contributed by atoms with Crippen LogP contribution in [0.25, 0.3) is 0 Å². The molecular formula is C16H26N4O4S. The van der Waals surface area contributed by atoms with Gasteiger partial charge in [0.25, 0.3) is 0 Å². The van der Waals surface area contributed by atoms with Crippen LogP contribution in [0.15, 0.2) is 18.7 Å². The number of carbonyl (C=O) groups is 1. The third-order valence-corrected chi connectivity index (χ3v) is 6.32. The second kappa shape index (κ2) is 7.84. The number of imidazole rings is 1. The van der Waals surface area contributed by atoms with Crippen LogP contribution in [0.2, 0.25) is 0 Å². The largest absolute Gasteiger partial charge is 0.375 e. The van der Waals surface area contributed by atoms with Crippen molar-refractivity contribution in [3.8, 4) is 0 Å². The minimum Gasteiger partial charge on any atom is -0.375 e. The molecule has 1 N–H and O–H groups in total. The van der Waals surface area contributed by atoms with Gasteiger partial charge in [-0.15, -0.1) is 0 Å². The molecule has 2 heterocycles. The van der Waals surface area contributed by atoms with Crippen molar-refractivity contribution in [3.63, 3.8) is 0 Å². The van der Waals surface area contributed by atoms with E-state index in [4.69, 9.17) is 4.74 Å². The van der Waals surface area contributed by atoms with Gasteiger partial charge in [-0.3, -0.25) is 4.79 Å². The molecule has 0 aromatic carbocycles. The Morgan fingerprint density at radius 3 is 2.96 bits per heavy atom. The lowest BCUT2D eigenvalue weighted by atomic mass is 9.82. The number of amides is 1. The third kappa shape index (κ3) is 4.59. The molecule has 3 rings (SSSR count). The number of sulfonamides is 1. The summed E-state index contributed by atoms with van der Waals surface area (Å²) in [7, 11) is -3.28. The van der Waals surface area contributed by atoms with Crippen LogP contribution in [0, 0.1) is 5.92 Å². The molecule has 2 aliphatic rings. The molecule has 1 amide bonds. The van der Waals surface area contributed by atoms with Crippen molar-refractivity contribution in [2.75, 3.05) is 26.0 Å². The minimum atomic E-state index is -3.28. The van der Waals surface area contributed by atoms with Crippen LogP contribution in [-0.2, 0) is 26.1 Å². The molecule has 25 heavy (non-hydrogen) atoms. The highest BCUT2D eigenvalue weighted by atomic mass is 32.2. The number of hydrogen-bond donors (Lipinski definition) is 1. The van der Waals surface area contributed by atoms with Crippen LogP contribution in [0.5, 0.6) is 0 Å². The molecule has 9 heteroatoms. The first-order valence-corrected chi connectivity index (χ1v) is 10.6. The lowest BCUT2D eigenvalue weighted by Crippen LogP contribution is -2.56. The molecule has 1 aliphatic carbocycles. The van der Waals surface area contributed by atoms with Gasteiger partial charge in [0, 0.05) is 37.9 Å². The van der Waals surface area contributed by atoms with Crippen molar-refractivity contribution in [1.82, 2.24) is 19.2 Å². The molecule has 3 atom stereocenters. The Balaban J connectivity index is 1.50. The van der Waals surface area contributed by atoms with Crippen molar-refractivity contribution in [2.24, 2.45) is 5.92 Å². The van der Waals surface area contributed by atoms with E-state index in [-0.39, 0.29) is 24.0 Å². The first kappa shape index (κ1) is 18.3. The Hall–Kier alpha value is -1.45. The van der Waals surface area contributed by atoms with Crippen molar-refractivity contribution in [2.45, 2.75) is 44.4 Å². The van der Waals surface area contributed by atoms with E-state index in [1.165, 1.54) is 10.6 Å². The molecule has 0 bridgehead atoms. The Labute approximate surface area is 148 Å². The zero-order valence-electron chi connectivity index (χ0n) is 14.5. The number of ether oxygens (including phenoxy) is 1. The van der Waals surface area contributed by atoms with E-state index < -0.39 is 10.0 Å². The van der Waals surface area contributed by atoms with Crippen LogP contribution in [0.4, 0.5) is 0 Å². The summed E-state index contributed by atoms with van der Waals surface area (Å²) < 4.78 is 33.2. The molecule has 1 aliphatic heterocycles. The molecule has 8 nitrogen and oxygen atoms in total. The summed E-state index contributed by atoms with van der Waals surface area (Å²) in [5.74, 6) is -0.136. The van der Waals surface area contributed by atoms with Gasteiger partial charge in [0.15, 0.2) is 0 Å². The summed E-state index contributed by atoms with van der Waals surface area (Å²) in [6, 6.07) is -0.223. The number of aryl methyl sites for hydroxylation is 1. The van der Waals surface area contributed by atoms with Crippen molar-refractivity contribution < 1.29 is 17.9 Å². The zero-order valence-corrected chi connectivity index (χ0v) is 15.3. The molecule has 0 radical (unpaired) electrons. The quantitative estimate of drug-likeness (QED) is 0.723. The SMILES string of the molecule is CS(=O)(=O)N1CCO[C@@H]2CC[C@H](C(=O)NCCCn3ccnc3)C[C@H]21. The summed E-state index contributed by atoms with van der Waals surface area (Å²) >= 11 is 0. The number of aromatic nitrogens is 2. The molecule has 0 unspecified atom stereocenters. The van der Waals surface area contributed by atoms with Crippen LogP contribution in [-0.4, -0.2) is 66.3 Å². The number of morpholine rings is 1. The molecular weight excluding hydrogens is 344 g/mol. The third-order valence-electron chi connectivity index (χ3n) is 5.02. The summed E-state index contributed by atoms with van der Waals surface area (Å²) in [4.78, 5) is 16.4. The van der Waals surface area contributed by atoms with Gasteiger partial charge in [0.2, 0.25) is 15.9 Å². The maximum atomic E-state index is 12.5. The fourth-order valence-corrected chi connectivity index (χ4v) is 4.88. The van der Waals surface area contributed by atoms with E-state index in [9.17, 15) is 13.2 Å². The highest BCUT2D eigenvalue weighted by molar-refractivity contribution is 7.88. The normalized spacial score (nSPS) is 27.6. The van der Waals surface area contributed by atoms with Gasteiger partial charge < -0.3 is 14.6 Å². The highest BCUT2D eigenvalue weighted by Crippen LogP contribution is 2.33. The van der Waals surface area contributed by atoms with Gasteiger partial charge >= 0.3 is 0 Å². The van der Waals surface area contributed by atoms with Gasteiger partial charge in [-0.2, -0.15) is 4.31 Å². The van der Waals surface area contributed by atoms with Crippen molar-refractivity contribution in [3.05, 3.63) is 18.7 Å². The summed E-state index contributed by atoms with van der Waals surface area (Å²) in [5.41, 5.74) is 0. The maximum Gasteiger partial charge on any atom is 0.223 e. The van der Waals surface area contributed by atoms with E-state index in [1.807, 2.05) is 10.8 Å². The highest BCUT2D eigenvalue weighted by Gasteiger charge is 2.42. The smallest absolute Gasteiger partial charge is 0.223 e. The van der Waals surface area contributed by atoms with Crippen LogP contribution >= 0.6 is 0 Å². The van der Waals surface area contributed by atoms with Crippen molar-refractivity contribution >= 4 is 15.9 Å². The van der Waals surface area contributed by atoms with E-state index >= 15 is 0 Å². The van der Waals surface area contributed by atoms with E-state index in [2.05, 4.69) is 10.3 Å². The topological polar surface area (TPSA) is 93.5 Å². The Kier molecular flexibility index (Phi) is 5.75. The first-order valence-electron chi connectivity index (χ1n) is 8.77. The predicted octanol–water partition coefficient (Wildman–Crippen LogP) is 0.219. The average molecular weight is 370 g/mol. The number of carbonyl (C=O) groups excluding carboxylic acids is 1. The Morgan fingerprint density at radius 1 is 1.40 bits per heavy atom. The molecule has 2 fully saturated rings. The number of fused-ring (bicyclic) bond motifs is 1. The summed E-state index contributed by atoms with van der Waals surface area (Å²) in [5, 5.41) is 2.98. The second-order valence-electron chi connectivity index (χ2n) is 6.81. The summed E-state index contributed by atoms with van der Waals surface area (Å²) in [6.45, 7) is 2.22. The van der Waals surface area contributed by atoms with Gasteiger partial charge in [-0.05, 0) is 25.7 Å². The number of nitrogens with one attached hydrogen (secondary N) is 1. The molecule has 1 saturated carbocycles. The van der Waals surface area contributed by atoms with Gasteiger partial charge in [-0.25, -0.2) is 13.4 Å². The van der Waals surface area contributed by atoms with Crippen LogP contribution in [0.3, 0.4) is 0 Å². The minimum absolute atomic E-state index is 0.0168. The second-order valence-corrected chi connectivity index (χ2v) is 8.74. The van der Waals surface area contributed by atoms with E-state index in [0.717, 1.165) is 25.8 Å². The molecule has 0 spiro atoms. The number of hydrogen-bond acceptors (Lipinski definition) is 5. The van der Waals surface area contributed by atoms with Gasteiger partial charge in [0.1, 0.15) is 0 Å². The zero-order chi connectivity index (χ0) is 17.9. The fourth-order valence-electron chi connectivity index (χ4n) is 3.76. The van der Waals surface area contributed by atoms with E-state index in [1.54, 1.807) is 12.5 Å². The number of rotatable bonds is 6. The summed E-state index contributed by atoms with van der Waals surface area (Å²) in [6.07, 6.45) is 9.36. The number of nitrogens with zero attached hydrogens (tertiary/aromatic N) is 3. The molecule has 1 saturated heterocycles. The lowest BCUT2D eigenvalue weighted by molar-refractivity contribution is -0.130. The fraction of sp³-hybridized carbons (Fsp3) is 0.750. The lowest BCUT2D eigenvalue weighted by Gasteiger charge is -2.44. The van der Waals surface area contributed by atoms with Crippen LogP contribution < -0.4 is 5.32 Å². The van der Waals surface area contributed by atoms with Gasteiger partial charge in [0.05, 0.1) is 31.3 Å². The molecule has 1 aromatic heterocycles. The monoisotopic (exact) mass is 370 g/mol. The standard InChI is InChI=1S/C16H26N4O4S/c1-25(22,23)20-9-10-24-15-4-3-13(11-14(15)20)16(21)18-5-2-7-19-8-6-17-12-19/h6,8,12-15H,2-5,7,9-11H2,1H3,(H,18,21)/t13-,14+,15+/m0/s1. The Morgan fingerprint density at radius 2 is 2.24 bits per heavy atom. The molecule has 140 valence electrons. The van der Waals surface area contributed by atoms with Crippen molar-refractivity contribution in [1.29, 1.82) is 0 Å². The molecule has 1 aromatic rings. The average Bonchev–Trinajstić information content (AvgIpc) is 3.10. The van der Waals surface area contributed by atoms with E-state index in [0.29, 0.717) is 26.1 Å². The predicted molar refractivity (Wildman–Crippen MR) is 92.3 cm³/mol. The maximum absolute atomic E-state index is 12.5. The van der Waals surface area contributed by atoms with Gasteiger partial charge in [-0.1, -0.05) is 0 Å². The van der Waals surface area contributed by atoms with Crippen LogP contribution in [0.1, 0.15) is 25.7 Å². The first-order chi connectivity index (χ1) is 11.9. The Bertz CT molecular complexity index is 676.